The van der Waals surface area contributed by atoms with E-state index in [9.17, 15) is 14.1 Å². The topological polar surface area (TPSA) is 91.8 Å². The van der Waals surface area contributed by atoms with Crippen LogP contribution in [0.4, 0.5) is 0 Å². The number of aromatic nitrogens is 1. The molecule has 37 heavy (non-hydrogen) atoms. The lowest BCUT2D eigenvalue weighted by molar-refractivity contribution is 0.0932. The van der Waals surface area contributed by atoms with Crippen LogP contribution in [-0.2, 0) is 22.3 Å². The van der Waals surface area contributed by atoms with Gasteiger partial charge in [-0.25, -0.2) is 13.5 Å². The van der Waals surface area contributed by atoms with Crippen LogP contribution in [0.25, 0.3) is 16.8 Å². The molecule has 0 saturated carbocycles. The number of fused-ring (bicyclic) bond motifs is 1. The molecule has 1 amide bonds. The van der Waals surface area contributed by atoms with E-state index in [1.807, 2.05) is 43.3 Å². The Morgan fingerprint density at radius 2 is 2.03 bits per heavy atom. The van der Waals surface area contributed by atoms with Gasteiger partial charge in [-0.1, -0.05) is 24.3 Å². The highest BCUT2D eigenvalue weighted by Crippen LogP contribution is 2.44. The van der Waals surface area contributed by atoms with E-state index in [4.69, 9.17) is 9.72 Å². The highest BCUT2D eigenvalue weighted by Gasteiger charge is 2.40. The largest absolute Gasteiger partial charge is 0.396 e. The van der Waals surface area contributed by atoms with Crippen LogP contribution in [-0.4, -0.2) is 56.1 Å². The van der Waals surface area contributed by atoms with Gasteiger partial charge < -0.3 is 15.2 Å². The van der Waals surface area contributed by atoms with Crippen molar-refractivity contribution in [3.8, 4) is 11.3 Å². The minimum absolute atomic E-state index is 0.0342. The fraction of sp³-hybridized carbons (Fsp3) is 0.517. The van der Waals surface area contributed by atoms with E-state index >= 15 is 0 Å². The van der Waals surface area contributed by atoms with Crippen LogP contribution in [0.1, 0.15) is 86.1 Å². The number of ether oxygens (including phenoxy) is 1. The Morgan fingerprint density at radius 1 is 1.24 bits per heavy atom. The maximum atomic E-state index is 13.6. The molecule has 0 unspecified atom stereocenters. The smallest absolute Gasteiger partial charge is 0.269 e. The first-order valence-corrected chi connectivity index (χ1v) is 14.3. The summed E-state index contributed by atoms with van der Waals surface area (Å²) in [4.78, 5) is 17.9. The van der Waals surface area contributed by atoms with Crippen molar-refractivity contribution in [1.29, 1.82) is 0 Å². The fourth-order valence-electron chi connectivity index (χ4n) is 5.13. The maximum Gasteiger partial charge on any atom is 0.269 e. The number of hydrogen-bond acceptors (Lipinski definition) is 5. The number of allylic oxidation sites excluding steroid dienone is 2. The van der Waals surface area contributed by atoms with Crippen LogP contribution in [0.3, 0.4) is 0 Å². The summed E-state index contributed by atoms with van der Waals surface area (Å²) in [5.74, 6) is -0.263. The third-order valence-corrected chi connectivity index (χ3v) is 8.77. The highest BCUT2D eigenvalue weighted by atomic mass is 32.2. The molecule has 7 nitrogen and oxygen atoms in total. The molecule has 200 valence electrons. The van der Waals surface area contributed by atoms with Crippen molar-refractivity contribution in [2.45, 2.75) is 70.2 Å². The number of nitrogens with one attached hydrogen (secondary N) is 1. The Labute approximate surface area is 222 Å². The molecule has 2 N–H and O–H groups in total. The lowest BCUT2D eigenvalue weighted by Gasteiger charge is -2.30. The second kappa shape index (κ2) is 12.0. The van der Waals surface area contributed by atoms with Gasteiger partial charge in [-0.2, -0.15) is 0 Å². The summed E-state index contributed by atoms with van der Waals surface area (Å²) in [6.45, 7) is 7.07. The SMILES string of the molecule is COCCNC(=O)c1cc2c(c(-c3cccc(C4=CCCCC4)c3)n1)[C@H](CCO)N([S@@](=O)C(C)(C)C)C2. The van der Waals surface area contributed by atoms with Gasteiger partial charge >= 0.3 is 0 Å². The highest BCUT2D eigenvalue weighted by molar-refractivity contribution is 7.84. The lowest BCUT2D eigenvalue weighted by atomic mass is 9.90. The molecule has 0 spiro atoms. The number of benzene rings is 1. The molecule has 1 aliphatic heterocycles. The van der Waals surface area contributed by atoms with Crippen LogP contribution in [0.15, 0.2) is 36.4 Å². The Balaban J connectivity index is 1.83. The van der Waals surface area contributed by atoms with Crippen LogP contribution in [0.2, 0.25) is 0 Å². The summed E-state index contributed by atoms with van der Waals surface area (Å²) >= 11 is 0. The summed E-state index contributed by atoms with van der Waals surface area (Å²) in [6.07, 6.45) is 7.32. The first-order valence-electron chi connectivity index (χ1n) is 13.1. The van der Waals surface area contributed by atoms with Gasteiger partial charge in [0.25, 0.3) is 5.91 Å². The molecule has 2 atom stereocenters. The minimum Gasteiger partial charge on any atom is -0.396 e. The van der Waals surface area contributed by atoms with E-state index in [0.29, 0.717) is 31.8 Å². The standard InChI is InChI=1S/C29H39N3O4S/c1-29(2,3)37(35)32-19-23-18-24(28(34)30-14-16-36-4)31-27(26(23)25(32)13-15-33)22-12-8-11-21(17-22)20-9-6-5-7-10-20/h8-9,11-12,17-18,25,33H,5-7,10,13-16,19H2,1-4H3,(H,30,34)/t25-,37-/m0/s1. The number of nitrogens with zero attached hydrogens (tertiary/aromatic N) is 2. The Hall–Kier alpha value is -2.39. The van der Waals surface area contributed by atoms with Gasteiger partial charge in [-0.15, -0.1) is 0 Å². The molecule has 0 radical (unpaired) electrons. The molecular formula is C29H39N3O4S. The molecule has 1 aliphatic carbocycles. The third kappa shape index (κ3) is 6.20. The summed E-state index contributed by atoms with van der Waals surface area (Å²) in [6, 6.07) is 9.92. The molecule has 2 aliphatic rings. The molecule has 2 heterocycles. The van der Waals surface area contributed by atoms with Gasteiger partial charge in [0.1, 0.15) is 16.7 Å². The summed E-state index contributed by atoms with van der Waals surface area (Å²) in [7, 11) is 0.297. The molecule has 2 aromatic rings. The molecule has 4 rings (SSSR count). The summed E-state index contributed by atoms with van der Waals surface area (Å²) in [5, 5.41) is 12.8. The number of hydrogen-bond donors (Lipinski definition) is 2. The average molecular weight is 526 g/mol. The Kier molecular flexibility index (Phi) is 8.95. The molecule has 8 heteroatoms. The molecule has 0 saturated heterocycles. The van der Waals surface area contributed by atoms with Gasteiger partial charge in [-0.3, -0.25) is 4.79 Å². The predicted octanol–water partition coefficient (Wildman–Crippen LogP) is 4.78. The number of aliphatic hydroxyl groups is 1. The number of pyridine rings is 1. The number of methoxy groups -OCH3 is 1. The van der Waals surface area contributed by atoms with Crippen molar-refractivity contribution in [2.24, 2.45) is 0 Å². The first kappa shape index (κ1) is 27.6. The van der Waals surface area contributed by atoms with E-state index in [0.717, 1.165) is 35.2 Å². The average Bonchev–Trinajstić information content (AvgIpc) is 3.26. The van der Waals surface area contributed by atoms with Crippen LogP contribution >= 0.6 is 0 Å². The van der Waals surface area contributed by atoms with E-state index in [-0.39, 0.29) is 18.6 Å². The quantitative estimate of drug-likeness (QED) is 0.460. The van der Waals surface area contributed by atoms with Gasteiger partial charge in [0.2, 0.25) is 0 Å². The molecule has 0 fully saturated rings. The number of rotatable bonds is 9. The van der Waals surface area contributed by atoms with Crippen molar-refractivity contribution < 1.29 is 18.8 Å². The van der Waals surface area contributed by atoms with E-state index in [1.54, 1.807) is 7.11 Å². The van der Waals surface area contributed by atoms with Gasteiger partial charge in [0, 0.05) is 37.9 Å². The molecule has 0 bridgehead atoms. The van der Waals surface area contributed by atoms with E-state index in [2.05, 4.69) is 23.5 Å². The zero-order chi connectivity index (χ0) is 26.6. The second-order valence-corrected chi connectivity index (χ2v) is 12.9. The van der Waals surface area contributed by atoms with Crippen LogP contribution in [0, 0.1) is 0 Å². The monoisotopic (exact) mass is 525 g/mol. The normalized spacial score (nSPS) is 18.8. The molecule has 1 aromatic carbocycles. The number of carbonyl (C=O) groups excluding carboxylic acids is 1. The fourth-order valence-corrected chi connectivity index (χ4v) is 6.53. The van der Waals surface area contributed by atoms with Gasteiger partial charge in [0.15, 0.2) is 0 Å². The predicted molar refractivity (Wildman–Crippen MR) is 148 cm³/mol. The summed E-state index contributed by atoms with van der Waals surface area (Å²) < 4.78 is 20.1. The van der Waals surface area contributed by atoms with E-state index in [1.165, 1.54) is 24.0 Å². The second-order valence-electron chi connectivity index (χ2n) is 10.7. The van der Waals surface area contributed by atoms with Crippen molar-refractivity contribution >= 4 is 22.5 Å². The number of aliphatic hydroxyl groups excluding tert-OH is 1. The van der Waals surface area contributed by atoms with Crippen LogP contribution < -0.4 is 5.32 Å². The molecular weight excluding hydrogens is 486 g/mol. The van der Waals surface area contributed by atoms with Gasteiger partial charge in [-0.05, 0) is 81.7 Å². The van der Waals surface area contributed by atoms with Crippen molar-refractivity contribution in [2.75, 3.05) is 26.9 Å². The van der Waals surface area contributed by atoms with Crippen molar-refractivity contribution in [3.05, 3.63) is 58.8 Å². The van der Waals surface area contributed by atoms with Crippen molar-refractivity contribution in [3.63, 3.8) is 0 Å². The third-order valence-electron chi connectivity index (χ3n) is 6.91. The first-order chi connectivity index (χ1) is 17.7. The molecule has 1 aromatic heterocycles. The zero-order valence-corrected chi connectivity index (χ0v) is 23.2. The van der Waals surface area contributed by atoms with E-state index < -0.39 is 15.7 Å². The number of amides is 1. The number of carbonyl (C=O) groups is 1. The lowest BCUT2D eigenvalue weighted by Crippen LogP contribution is -2.36. The van der Waals surface area contributed by atoms with Gasteiger partial charge in [0.05, 0.1) is 23.1 Å². The Morgan fingerprint density at radius 3 is 2.70 bits per heavy atom. The van der Waals surface area contributed by atoms with Crippen LogP contribution in [0.5, 0.6) is 0 Å². The maximum absolute atomic E-state index is 13.6. The minimum atomic E-state index is -1.30. The summed E-state index contributed by atoms with van der Waals surface area (Å²) in [5.41, 5.74) is 6.39. The Bertz CT molecular complexity index is 1190. The zero-order valence-electron chi connectivity index (χ0n) is 22.4. The van der Waals surface area contributed by atoms with Crippen molar-refractivity contribution in [1.82, 2.24) is 14.6 Å².